The fourth-order valence-electron chi connectivity index (χ4n) is 2.04. The van der Waals surface area contributed by atoms with E-state index in [1.54, 1.807) is 56.5 Å². The Kier molecular flexibility index (Phi) is 7.62. The van der Waals surface area contributed by atoms with Gasteiger partial charge in [0.2, 0.25) is 5.91 Å². The zero-order valence-electron chi connectivity index (χ0n) is 14.6. The molecule has 0 unspecified atom stereocenters. The number of amides is 1. The van der Waals surface area contributed by atoms with Gasteiger partial charge in [0.1, 0.15) is 23.7 Å². The number of halogens is 1. The maximum Gasteiger partial charge on any atom is 0.347 e. The Hall–Kier alpha value is -2.38. The van der Waals surface area contributed by atoms with Gasteiger partial charge in [0.25, 0.3) is 0 Å². The summed E-state index contributed by atoms with van der Waals surface area (Å²) >= 11 is 3.34. The van der Waals surface area contributed by atoms with Gasteiger partial charge in [0.15, 0.2) is 0 Å². The number of ether oxygens (including phenoxy) is 3. The van der Waals surface area contributed by atoms with Gasteiger partial charge < -0.3 is 19.5 Å². The van der Waals surface area contributed by atoms with E-state index in [9.17, 15) is 9.59 Å². The second kappa shape index (κ2) is 9.94. The van der Waals surface area contributed by atoms with Crippen LogP contribution in [0.15, 0.2) is 46.9 Å². The van der Waals surface area contributed by atoms with E-state index >= 15 is 0 Å². The molecule has 1 N–H and O–H groups in total. The summed E-state index contributed by atoms with van der Waals surface area (Å²) in [5.74, 6) is 0.167. The highest BCUT2D eigenvalue weighted by molar-refractivity contribution is 9.10. The summed E-state index contributed by atoms with van der Waals surface area (Å²) in [5, 5.41) is 2.73. The molecule has 0 radical (unpaired) electrons. The summed E-state index contributed by atoms with van der Waals surface area (Å²) < 4.78 is 16.7. The number of rotatable bonds is 8. The Labute approximate surface area is 160 Å². The smallest absolute Gasteiger partial charge is 0.347 e. The molecule has 2 rings (SSSR count). The summed E-state index contributed by atoms with van der Waals surface area (Å²) in [6.07, 6.45) is 0.394. The van der Waals surface area contributed by atoms with Crippen molar-refractivity contribution in [3.63, 3.8) is 0 Å². The standard InChI is InChI=1S/C19H20BrNO5/c1-3-18(22)21-14-5-7-15(8-6-14)26-19(23)16-12-13(20)4-9-17(16)25-11-10-24-2/h4-9,12H,3,10-11H2,1-2H3,(H,21,22). The van der Waals surface area contributed by atoms with Gasteiger partial charge >= 0.3 is 5.97 Å². The number of anilines is 1. The Morgan fingerprint density at radius 2 is 1.81 bits per heavy atom. The van der Waals surface area contributed by atoms with Gasteiger partial charge in [-0.25, -0.2) is 4.79 Å². The molecule has 0 fully saturated rings. The van der Waals surface area contributed by atoms with E-state index in [1.165, 1.54) is 0 Å². The number of nitrogens with one attached hydrogen (secondary N) is 1. The lowest BCUT2D eigenvalue weighted by molar-refractivity contribution is -0.115. The molecule has 0 saturated carbocycles. The van der Waals surface area contributed by atoms with Gasteiger partial charge in [-0.3, -0.25) is 4.79 Å². The molecule has 0 aromatic heterocycles. The van der Waals surface area contributed by atoms with Crippen molar-refractivity contribution in [3.05, 3.63) is 52.5 Å². The summed E-state index contributed by atoms with van der Waals surface area (Å²) in [6.45, 7) is 2.51. The van der Waals surface area contributed by atoms with E-state index in [2.05, 4.69) is 21.2 Å². The van der Waals surface area contributed by atoms with Crippen LogP contribution in [0, 0.1) is 0 Å². The molecule has 0 saturated heterocycles. The van der Waals surface area contributed by atoms with Crippen LogP contribution in [0.4, 0.5) is 5.69 Å². The first kappa shape index (κ1) is 19.9. The maximum atomic E-state index is 12.5. The molecule has 0 aliphatic heterocycles. The molecule has 0 atom stereocenters. The van der Waals surface area contributed by atoms with Gasteiger partial charge in [-0.1, -0.05) is 22.9 Å². The second-order valence-corrected chi connectivity index (χ2v) is 6.21. The first-order valence-corrected chi connectivity index (χ1v) is 8.86. The quantitative estimate of drug-likeness (QED) is 0.395. The number of benzene rings is 2. The summed E-state index contributed by atoms with van der Waals surface area (Å²) in [5.41, 5.74) is 0.946. The number of carbonyl (C=O) groups excluding carboxylic acids is 2. The average molecular weight is 422 g/mol. The zero-order chi connectivity index (χ0) is 18.9. The topological polar surface area (TPSA) is 73.9 Å². The van der Waals surface area contributed by atoms with Crippen molar-refractivity contribution in [1.82, 2.24) is 0 Å². The molecule has 1 amide bonds. The van der Waals surface area contributed by atoms with Crippen LogP contribution in [0.25, 0.3) is 0 Å². The largest absolute Gasteiger partial charge is 0.490 e. The second-order valence-electron chi connectivity index (χ2n) is 5.30. The molecule has 2 aromatic carbocycles. The Balaban J connectivity index is 2.09. The number of esters is 1. The van der Waals surface area contributed by atoms with E-state index in [0.717, 1.165) is 4.47 Å². The third kappa shape index (κ3) is 5.86. The van der Waals surface area contributed by atoms with Crippen LogP contribution < -0.4 is 14.8 Å². The van der Waals surface area contributed by atoms with Crippen molar-refractivity contribution in [2.45, 2.75) is 13.3 Å². The van der Waals surface area contributed by atoms with Crippen LogP contribution in [0.3, 0.4) is 0 Å². The van der Waals surface area contributed by atoms with Crippen LogP contribution in [-0.2, 0) is 9.53 Å². The molecule has 2 aromatic rings. The number of carbonyl (C=O) groups is 2. The first-order valence-electron chi connectivity index (χ1n) is 8.07. The van der Waals surface area contributed by atoms with Crippen molar-refractivity contribution in [2.75, 3.05) is 25.6 Å². The molecular formula is C19H20BrNO5. The minimum absolute atomic E-state index is 0.0817. The van der Waals surface area contributed by atoms with Gasteiger partial charge in [-0.15, -0.1) is 0 Å². The van der Waals surface area contributed by atoms with Crippen molar-refractivity contribution in [1.29, 1.82) is 0 Å². The van der Waals surface area contributed by atoms with E-state index < -0.39 is 5.97 Å². The molecule has 6 nitrogen and oxygen atoms in total. The van der Waals surface area contributed by atoms with Crippen LogP contribution in [0.1, 0.15) is 23.7 Å². The van der Waals surface area contributed by atoms with Crippen molar-refractivity contribution >= 4 is 33.5 Å². The monoisotopic (exact) mass is 421 g/mol. The van der Waals surface area contributed by atoms with Gasteiger partial charge in [-0.05, 0) is 42.5 Å². The van der Waals surface area contributed by atoms with Crippen LogP contribution in [0.2, 0.25) is 0 Å². The first-order chi connectivity index (χ1) is 12.5. The lowest BCUT2D eigenvalue weighted by Crippen LogP contribution is -2.13. The van der Waals surface area contributed by atoms with Gasteiger partial charge in [0.05, 0.1) is 6.61 Å². The molecule has 138 valence electrons. The van der Waals surface area contributed by atoms with Crippen LogP contribution in [-0.4, -0.2) is 32.2 Å². The summed E-state index contributed by atoms with van der Waals surface area (Å²) in [6, 6.07) is 11.7. The van der Waals surface area contributed by atoms with E-state index in [-0.39, 0.29) is 5.91 Å². The fourth-order valence-corrected chi connectivity index (χ4v) is 2.40. The summed E-state index contributed by atoms with van der Waals surface area (Å²) in [7, 11) is 1.58. The summed E-state index contributed by atoms with van der Waals surface area (Å²) in [4.78, 5) is 23.9. The van der Waals surface area contributed by atoms with E-state index in [4.69, 9.17) is 14.2 Å². The fraction of sp³-hybridized carbons (Fsp3) is 0.263. The average Bonchev–Trinajstić information content (AvgIpc) is 2.64. The lowest BCUT2D eigenvalue weighted by Gasteiger charge is -2.12. The van der Waals surface area contributed by atoms with E-state index in [1.807, 2.05) is 0 Å². The predicted molar refractivity (Wildman–Crippen MR) is 102 cm³/mol. The van der Waals surface area contributed by atoms with E-state index in [0.29, 0.717) is 42.4 Å². The minimum Gasteiger partial charge on any atom is -0.490 e. The number of hydrogen-bond donors (Lipinski definition) is 1. The van der Waals surface area contributed by atoms with Crippen LogP contribution >= 0.6 is 15.9 Å². The lowest BCUT2D eigenvalue weighted by atomic mass is 10.2. The Morgan fingerprint density at radius 3 is 2.46 bits per heavy atom. The molecule has 0 aliphatic carbocycles. The van der Waals surface area contributed by atoms with Crippen molar-refractivity contribution < 1.29 is 23.8 Å². The molecule has 7 heteroatoms. The van der Waals surface area contributed by atoms with Gasteiger partial charge in [-0.2, -0.15) is 0 Å². The maximum absolute atomic E-state index is 12.5. The molecule has 26 heavy (non-hydrogen) atoms. The van der Waals surface area contributed by atoms with Crippen molar-refractivity contribution in [2.24, 2.45) is 0 Å². The highest BCUT2D eigenvalue weighted by atomic mass is 79.9. The molecule has 0 aliphatic rings. The minimum atomic E-state index is -0.538. The van der Waals surface area contributed by atoms with Gasteiger partial charge in [0, 0.05) is 23.7 Å². The highest BCUT2D eigenvalue weighted by Crippen LogP contribution is 2.25. The Morgan fingerprint density at radius 1 is 1.08 bits per heavy atom. The molecule has 0 bridgehead atoms. The van der Waals surface area contributed by atoms with Crippen LogP contribution in [0.5, 0.6) is 11.5 Å². The normalized spacial score (nSPS) is 10.3. The van der Waals surface area contributed by atoms with Crippen molar-refractivity contribution in [3.8, 4) is 11.5 Å². The molecule has 0 spiro atoms. The third-order valence-electron chi connectivity index (χ3n) is 3.38. The number of methoxy groups -OCH3 is 1. The molecule has 0 heterocycles. The zero-order valence-corrected chi connectivity index (χ0v) is 16.2. The highest BCUT2D eigenvalue weighted by Gasteiger charge is 2.16. The SMILES string of the molecule is CCC(=O)Nc1ccc(OC(=O)c2cc(Br)ccc2OCCOC)cc1. The number of hydrogen-bond acceptors (Lipinski definition) is 5. The molecular weight excluding hydrogens is 402 g/mol. The predicted octanol–water partition coefficient (Wildman–Crippen LogP) is 4.04. The third-order valence-corrected chi connectivity index (χ3v) is 3.87. The Bertz CT molecular complexity index is 761.